The molecule has 1 aromatic heterocycles. The highest BCUT2D eigenvalue weighted by molar-refractivity contribution is 5.37. The number of nitrogens with two attached hydrogens (primary N) is 1. The molecule has 0 saturated carbocycles. The summed E-state index contributed by atoms with van der Waals surface area (Å²) in [7, 11) is 1.58. The van der Waals surface area contributed by atoms with Crippen molar-refractivity contribution in [2.45, 2.75) is 32.9 Å². The Labute approximate surface area is 118 Å². The Balaban J connectivity index is 2.45. The van der Waals surface area contributed by atoms with Crippen molar-refractivity contribution in [3.63, 3.8) is 0 Å². The van der Waals surface area contributed by atoms with Gasteiger partial charge in [-0.25, -0.2) is 4.39 Å². The molecule has 20 heavy (non-hydrogen) atoms. The van der Waals surface area contributed by atoms with Crippen LogP contribution in [-0.4, -0.2) is 16.9 Å². The fourth-order valence-corrected chi connectivity index (χ4v) is 2.34. The number of hydrogen-bond acceptors (Lipinski definition) is 3. The Morgan fingerprint density at radius 2 is 2.15 bits per heavy atom. The zero-order chi connectivity index (χ0) is 14.7. The van der Waals surface area contributed by atoms with Crippen molar-refractivity contribution in [1.29, 1.82) is 0 Å². The summed E-state index contributed by atoms with van der Waals surface area (Å²) in [5.41, 5.74) is 8.64. The molecule has 1 atom stereocenters. The third-order valence-corrected chi connectivity index (χ3v) is 3.22. The first-order valence-corrected chi connectivity index (χ1v) is 6.69. The highest BCUT2D eigenvalue weighted by Crippen LogP contribution is 2.29. The predicted molar refractivity (Wildman–Crippen MR) is 76.2 cm³/mol. The number of hydrogen-bond donors (Lipinski definition) is 1. The fraction of sp³-hybridized carbons (Fsp3) is 0.400. The van der Waals surface area contributed by atoms with E-state index in [9.17, 15) is 4.39 Å². The van der Waals surface area contributed by atoms with Crippen LogP contribution in [0, 0.1) is 12.7 Å². The van der Waals surface area contributed by atoms with Crippen molar-refractivity contribution >= 4 is 0 Å². The average Bonchev–Trinajstić information content (AvgIpc) is 2.80. The maximum absolute atomic E-state index is 13.6. The summed E-state index contributed by atoms with van der Waals surface area (Å²) in [5, 5.41) is 4.29. The fourth-order valence-electron chi connectivity index (χ4n) is 2.34. The molecule has 0 spiro atoms. The lowest BCUT2D eigenvalue weighted by atomic mass is 10.0. The molecule has 0 aliphatic heterocycles. The van der Waals surface area contributed by atoms with E-state index < -0.39 is 6.04 Å². The van der Waals surface area contributed by atoms with E-state index in [1.165, 1.54) is 12.1 Å². The van der Waals surface area contributed by atoms with Crippen molar-refractivity contribution in [2.24, 2.45) is 5.73 Å². The molecule has 0 saturated heterocycles. The molecule has 2 rings (SSSR count). The standard InChI is InChI=1S/C15H20FN3O/c1-4-5-19-15(13(20-3)9-18-19)14(17)11-6-10(2)7-12(16)8-11/h6-9,14H,4-5,17H2,1-3H3. The topological polar surface area (TPSA) is 53.1 Å². The lowest BCUT2D eigenvalue weighted by molar-refractivity contribution is 0.404. The molecule has 5 heteroatoms. The second-order valence-electron chi connectivity index (χ2n) is 4.86. The normalized spacial score (nSPS) is 12.4. The molecule has 0 aliphatic carbocycles. The van der Waals surface area contributed by atoms with E-state index in [4.69, 9.17) is 10.5 Å². The molecule has 2 N–H and O–H groups in total. The van der Waals surface area contributed by atoms with E-state index in [2.05, 4.69) is 12.0 Å². The summed E-state index contributed by atoms with van der Waals surface area (Å²) in [5.74, 6) is 0.351. The van der Waals surface area contributed by atoms with Crippen LogP contribution in [0.2, 0.25) is 0 Å². The van der Waals surface area contributed by atoms with Gasteiger partial charge < -0.3 is 10.5 Å². The molecular formula is C15H20FN3O. The van der Waals surface area contributed by atoms with Crippen LogP contribution in [0.25, 0.3) is 0 Å². The zero-order valence-electron chi connectivity index (χ0n) is 12.1. The van der Waals surface area contributed by atoms with Crippen molar-refractivity contribution < 1.29 is 9.13 Å². The molecule has 2 aromatic rings. The van der Waals surface area contributed by atoms with Gasteiger partial charge in [0.1, 0.15) is 11.5 Å². The van der Waals surface area contributed by atoms with Crippen LogP contribution in [0.4, 0.5) is 4.39 Å². The number of aromatic nitrogens is 2. The third-order valence-electron chi connectivity index (χ3n) is 3.22. The van der Waals surface area contributed by atoms with Gasteiger partial charge in [-0.1, -0.05) is 13.0 Å². The van der Waals surface area contributed by atoms with Gasteiger partial charge in [-0.3, -0.25) is 4.68 Å². The van der Waals surface area contributed by atoms with Crippen LogP contribution in [-0.2, 0) is 6.54 Å². The number of methoxy groups -OCH3 is 1. The highest BCUT2D eigenvalue weighted by Gasteiger charge is 2.20. The first-order valence-electron chi connectivity index (χ1n) is 6.69. The lowest BCUT2D eigenvalue weighted by Gasteiger charge is -2.16. The highest BCUT2D eigenvalue weighted by atomic mass is 19.1. The number of benzene rings is 1. The first kappa shape index (κ1) is 14.5. The molecule has 0 aliphatic rings. The maximum atomic E-state index is 13.6. The van der Waals surface area contributed by atoms with Gasteiger partial charge in [0.25, 0.3) is 0 Å². The molecule has 108 valence electrons. The van der Waals surface area contributed by atoms with Gasteiger partial charge in [0.05, 0.1) is 19.3 Å². The lowest BCUT2D eigenvalue weighted by Crippen LogP contribution is -2.18. The Kier molecular flexibility index (Phi) is 4.39. The van der Waals surface area contributed by atoms with Crippen molar-refractivity contribution in [2.75, 3.05) is 7.11 Å². The minimum Gasteiger partial charge on any atom is -0.493 e. The summed E-state index contributed by atoms with van der Waals surface area (Å²) < 4.78 is 20.7. The Morgan fingerprint density at radius 3 is 2.75 bits per heavy atom. The van der Waals surface area contributed by atoms with E-state index in [1.807, 2.05) is 17.7 Å². The summed E-state index contributed by atoms with van der Waals surface area (Å²) >= 11 is 0. The van der Waals surface area contributed by atoms with Crippen LogP contribution in [0.15, 0.2) is 24.4 Å². The minimum absolute atomic E-state index is 0.282. The summed E-state index contributed by atoms with van der Waals surface area (Å²) in [6.07, 6.45) is 2.59. The summed E-state index contributed by atoms with van der Waals surface area (Å²) in [4.78, 5) is 0. The minimum atomic E-state index is -0.464. The van der Waals surface area contributed by atoms with E-state index in [0.29, 0.717) is 5.75 Å². The number of rotatable bonds is 5. The molecule has 1 aromatic carbocycles. The Hall–Kier alpha value is -1.88. The SMILES string of the molecule is CCCn1ncc(OC)c1C(N)c1cc(C)cc(F)c1. The molecule has 0 radical (unpaired) electrons. The van der Waals surface area contributed by atoms with Crippen LogP contribution in [0.1, 0.15) is 36.2 Å². The molecule has 0 fully saturated rings. The maximum Gasteiger partial charge on any atom is 0.161 e. The Morgan fingerprint density at radius 1 is 1.40 bits per heavy atom. The summed E-state index contributed by atoms with van der Waals surface area (Å²) in [6.45, 7) is 4.66. The average molecular weight is 277 g/mol. The van der Waals surface area contributed by atoms with E-state index >= 15 is 0 Å². The van der Waals surface area contributed by atoms with E-state index in [1.54, 1.807) is 13.3 Å². The van der Waals surface area contributed by atoms with Crippen LogP contribution in [0.3, 0.4) is 0 Å². The van der Waals surface area contributed by atoms with Gasteiger partial charge in [-0.2, -0.15) is 5.10 Å². The number of nitrogens with zero attached hydrogens (tertiary/aromatic N) is 2. The van der Waals surface area contributed by atoms with Crippen molar-refractivity contribution in [3.8, 4) is 5.75 Å². The molecule has 0 bridgehead atoms. The van der Waals surface area contributed by atoms with Crippen molar-refractivity contribution in [1.82, 2.24) is 9.78 Å². The van der Waals surface area contributed by atoms with Gasteiger partial charge >= 0.3 is 0 Å². The van der Waals surface area contributed by atoms with E-state index in [0.717, 1.165) is 29.8 Å². The van der Waals surface area contributed by atoms with Gasteiger partial charge in [0.2, 0.25) is 0 Å². The van der Waals surface area contributed by atoms with Crippen LogP contribution in [0.5, 0.6) is 5.75 Å². The second kappa shape index (κ2) is 6.05. The van der Waals surface area contributed by atoms with Gasteiger partial charge in [0, 0.05) is 6.54 Å². The summed E-state index contributed by atoms with van der Waals surface area (Å²) in [6, 6.07) is 4.36. The van der Waals surface area contributed by atoms with Gasteiger partial charge in [-0.15, -0.1) is 0 Å². The van der Waals surface area contributed by atoms with Crippen LogP contribution < -0.4 is 10.5 Å². The quantitative estimate of drug-likeness (QED) is 0.914. The molecular weight excluding hydrogens is 257 g/mol. The number of halogens is 1. The van der Waals surface area contributed by atoms with Gasteiger partial charge in [0.15, 0.2) is 5.75 Å². The molecule has 0 amide bonds. The van der Waals surface area contributed by atoms with Gasteiger partial charge in [-0.05, 0) is 36.6 Å². The molecule has 1 unspecified atom stereocenters. The van der Waals surface area contributed by atoms with E-state index in [-0.39, 0.29) is 5.82 Å². The largest absolute Gasteiger partial charge is 0.493 e. The third kappa shape index (κ3) is 2.82. The van der Waals surface area contributed by atoms with Crippen LogP contribution >= 0.6 is 0 Å². The van der Waals surface area contributed by atoms with Crippen molar-refractivity contribution in [3.05, 3.63) is 47.0 Å². The zero-order valence-corrected chi connectivity index (χ0v) is 12.1. The monoisotopic (exact) mass is 277 g/mol. The number of ether oxygens (including phenoxy) is 1. The Bertz CT molecular complexity index is 575. The molecule has 1 heterocycles. The molecule has 4 nitrogen and oxygen atoms in total. The second-order valence-corrected chi connectivity index (χ2v) is 4.86. The smallest absolute Gasteiger partial charge is 0.161 e. The number of aryl methyl sites for hydroxylation is 2. The first-order chi connectivity index (χ1) is 9.56. The predicted octanol–water partition coefficient (Wildman–Crippen LogP) is 2.80.